The predicted molar refractivity (Wildman–Crippen MR) is 85.8 cm³/mol. The molecule has 1 aliphatic rings. The van der Waals surface area contributed by atoms with Crippen LogP contribution < -0.4 is 10.1 Å². The first-order valence-corrected chi connectivity index (χ1v) is 7.74. The lowest BCUT2D eigenvalue weighted by Crippen LogP contribution is -2.41. The van der Waals surface area contributed by atoms with Gasteiger partial charge in [-0.2, -0.15) is 0 Å². The fourth-order valence-electron chi connectivity index (χ4n) is 2.76. The molecular formula is C17H28N2O2. The Morgan fingerprint density at radius 2 is 2.14 bits per heavy atom. The van der Waals surface area contributed by atoms with Crippen molar-refractivity contribution in [3.05, 3.63) is 29.8 Å². The maximum atomic E-state index is 5.82. The lowest BCUT2D eigenvalue weighted by molar-refractivity contribution is 0.0236. The average molecular weight is 292 g/mol. The second-order valence-electron chi connectivity index (χ2n) is 6.17. The van der Waals surface area contributed by atoms with Gasteiger partial charge in [-0.05, 0) is 44.1 Å². The molecule has 2 rings (SSSR count). The molecule has 0 bridgehead atoms. The molecule has 0 saturated carbocycles. The van der Waals surface area contributed by atoms with Gasteiger partial charge < -0.3 is 19.7 Å². The molecule has 4 nitrogen and oxygen atoms in total. The van der Waals surface area contributed by atoms with E-state index in [-0.39, 0.29) is 0 Å². The summed E-state index contributed by atoms with van der Waals surface area (Å²) in [6.07, 6.45) is 1.34. The molecule has 0 aromatic heterocycles. The molecule has 118 valence electrons. The Morgan fingerprint density at radius 1 is 1.33 bits per heavy atom. The van der Waals surface area contributed by atoms with E-state index in [1.54, 1.807) is 0 Å². The fourth-order valence-corrected chi connectivity index (χ4v) is 2.76. The topological polar surface area (TPSA) is 33.7 Å². The first-order chi connectivity index (χ1) is 10.1. The minimum Gasteiger partial charge on any atom is -0.492 e. The molecule has 1 heterocycles. The molecule has 0 amide bonds. The molecule has 3 atom stereocenters. The number of likely N-dealkylation sites (N-methyl/N-ethyl adjacent to an activating group) is 1. The van der Waals surface area contributed by atoms with Crippen LogP contribution in [0.5, 0.6) is 5.75 Å². The lowest BCUT2D eigenvalue weighted by Gasteiger charge is -2.34. The fraction of sp³-hybridized carbons (Fsp3) is 0.647. The molecule has 1 N–H and O–H groups in total. The van der Waals surface area contributed by atoms with E-state index in [1.165, 1.54) is 5.56 Å². The monoisotopic (exact) mass is 292 g/mol. The Bertz CT molecular complexity index is 437. The summed E-state index contributed by atoms with van der Waals surface area (Å²) in [7, 11) is 5.92. The first-order valence-electron chi connectivity index (χ1n) is 7.74. The normalized spacial score (nSPS) is 26.0. The van der Waals surface area contributed by atoms with E-state index in [9.17, 15) is 0 Å². The van der Waals surface area contributed by atoms with Gasteiger partial charge in [0.1, 0.15) is 12.4 Å². The summed E-state index contributed by atoms with van der Waals surface area (Å²) in [5, 5.41) is 3.61. The predicted octanol–water partition coefficient (Wildman–Crippen LogP) is 2.31. The van der Waals surface area contributed by atoms with Crippen molar-refractivity contribution < 1.29 is 9.47 Å². The number of ether oxygens (including phenoxy) is 2. The molecule has 21 heavy (non-hydrogen) atoms. The number of piperidine rings is 1. The molecule has 1 aromatic carbocycles. The van der Waals surface area contributed by atoms with Crippen molar-refractivity contribution in [2.45, 2.75) is 25.5 Å². The van der Waals surface area contributed by atoms with Crippen LogP contribution in [0.25, 0.3) is 0 Å². The van der Waals surface area contributed by atoms with Gasteiger partial charge in [0.05, 0.1) is 6.10 Å². The van der Waals surface area contributed by atoms with Crippen molar-refractivity contribution in [1.82, 2.24) is 10.2 Å². The summed E-state index contributed by atoms with van der Waals surface area (Å²) in [6, 6.07) is 8.76. The minimum absolute atomic E-state index is 0.328. The van der Waals surface area contributed by atoms with Crippen LogP contribution in [0.2, 0.25) is 0 Å². The SMILES string of the molecule is COC1CC(c2cccc(OCCN(C)C)c2)NCC1C. The first kappa shape index (κ1) is 16.3. The molecular weight excluding hydrogens is 264 g/mol. The zero-order valence-electron chi connectivity index (χ0n) is 13.6. The Balaban J connectivity index is 1.97. The van der Waals surface area contributed by atoms with E-state index < -0.39 is 0 Å². The van der Waals surface area contributed by atoms with Crippen molar-refractivity contribution in [3.63, 3.8) is 0 Å². The number of nitrogens with one attached hydrogen (secondary N) is 1. The summed E-state index contributed by atoms with van der Waals surface area (Å²) in [5.74, 6) is 1.51. The molecule has 4 heteroatoms. The summed E-state index contributed by atoms with van der Waals surface area (Å²) in [6.45, 7) is 4.87. The summed E-state index contributed by atoms with van der Waals surface area (Å²) < 4.78 is 11.4. The Morgan fingerprint density at radius 3 is 2.86 bits per heavy atom. The Labute approximate surface area is 128 Å². The Hall–Kier alpha value is -1.10. The largest absolute Gasteiger partial charge is 0.492 e. The number of hydrogen-bond donors (Lipinski definition) is 1. The Kier molecular flexibility index (Phi) is 6.03. The van der Waals surface area contributed by atoms with E-state index >= 15 is 0 Å². The van der Waals surface area contributed by atoms with Gasteiger partial charge in [-0.3, -0.25) is 0 Å². The summed E-state index contributed by atoms with van der Waals surface area (Å²) >= 11 is 0. The van der Waals surface area contributed by atoms with Crippen LogP contribution in [-0.4, -0.2) is 51.9 Å². The van der Waals surface area contributed by atoms with E-state index in [1.807, 2.05) is 13.2 Å². The minimum atomic E-state index is 0.328. The van der Waals surface area contributed by atoms with E-state index in [0.29, 0.717) is 24.7 Å². The highest BCUT2D eigenvalue weighted by atomic mass is 16.5. The number of hydrogen-bond acceptors (Lipinski definition) is 4. The van der Waals surface area contributed by atoms with Gasteiger partial charge >= 0.3 is 0 Å². The third-order valence-electron chi connectivity index (χ3n) is 4.16. The smallest absolute Gasteiger partial charge is 0.119 e. The highest BCUT2D eigenvalue weighted by Gasteiger charge is 2.28. The van der Waals surface area contributed by atoms with Crippen molar-refractivity contribution in [2.24, 2.45) is 5.92 Å². The third-order valence-corrected chi connectivity index (χ3v) is 4.16. The van der Waals surface area contributed by atoms with E-state index in [4.69, 9.17) is 9.47 Å². The third kappa shape index (κ3) is 4.70. The maximum Gasteiger partial charge on any atom is 0.119 e. The summed E-state index contributed by atoms with van der Waals surface area (Å²) in [4.78, 5) is 2.12. The molecule has 0 radical (unpaired) electrons. The van der Waals surface area contributed by atoms with Crippen LogP contribution >= 0.6 is 0 Å². The van der Waals surface area contributed by atoms with E-state index in [0.717, 1.165) is 25.3 Å². The molecule has 3 unspecified atom stereocenters. The zero-order valence-corrected chi connectivity index (χ0v) is 13.6. The summed E-state index contributed by atoms with van der Waals surface area (Å²) in [5.41, 5.74) is 1.28. The molecule has 1 aromatic rings. The van der Waals surface area contributed by atoms with Gasteiger partial charge in [0.25, 0.3) is 0 Å². The maximum absolute atomic E-state index is 5.82. The molecule has 1 saturated heterocycles. The van der Waals surface area contributed by atoms with Crippen LogP contribution in [0.15, 0.2) is 24.3 Å². The number of rotatable bonds is 6. The number of nitrogens with zero attached hydrogens (tertiary/aromatic N) is 1. The quantitative estimate of drug-likeness (QED) is 0.872. The second-order valence-corrected chi connectivity index (χ2v) is 6.17. The van der Waals surface area contributed by atoms with Crippen molar-refractivity contribution in [1.29, 1.82) is 0 Å². The average Bonchev–Trinajstić information content (AvgIpc) is 2.47. The van der Waals surface area contributed by atoms with Crippen LogP contribution in [0.3, 0.4) is 0 Å². The van der Waals surface area contributed by atoms with Crippen LogP contribution in [0, 0.1) is 5.92 Å². The van der Waals surface area contributed by atoms with Gasteiger partial charge in [0.2, 0.25) is 0 Å². The van der Waals surface area contributed by atoms with Crippen molar-refractivity contribution in [2.75, 3.05) is 40.9 Å². The highest BCUT2D eigenvalue weighted by molar-refractivity contribution is 5.31. The van der Waals surface area contributed by atoms with Crippen molar-refractivity contribution >= 4 is 0 Å². The van der Waals surface area contributed by atoms with Gasteiger partial charge in [0.15, 0.2) is 0 Å². The van der Waals surface area contributed by atoms with Gasteiger partial charge in [-0.25, -0.2) is 0 Å². The molecule has 0 aliphatic carbocycles. The van der Waals surface area contributed by atoms with Gasteiger partial charge in [-0.15, -0.1) is 0 Å². The highest BCUT2D eigenvalue weighted by Crippen LogP contribution is 2.29. The zero-order chi connectivity index (χ0) is 15.2. The standard InChI is InChI=1S/C17H28N2O2/c1-13-12-18-16(11-17(13)20-4)14-6-5-7-15(10-14)21-9-8-19(2)3/h5-7,10,13,16-18H,8-9,11-12H2,1-4H3. The second kappa shape index (κ2) is 7.78. The van der Waals surface area contributed by atoms with Crippen LogP contribution in [0.4, 0.5) is 0 Å². The number of benzene rings is 1. The van der Waals surface area contributed by atoms with Crippen LogP contribution in [0.1, 0.15) is 24.9 Å². The van der Waals surface area contributed by atoms with Gasteiger partial charge in [0, 0.05) is 26.2 Å². The van der Waals surface area contributed by atoms with Crippen LogP contribution in [-0.2, 0) is 4.74 Å². The molecule has 1 fully saturated rings. The van der Waals surface area contributed by atoms with Gasteiger partial charge in [-0.1, -0.05) is 19.1 Å². The van der Waals surface area contributed by atoms with E-state index in [2.05, 4.69) is 49.4 Å². The molecule has 0 spiro atoms. The molecule has 1 aliphatic heterocycles. The lowest BCUT2D eigenvalue weighted by atomic mass is 9.89. The van der Waals surface area contributed by atoms with Crippen molar-refractivity contribution in [3.8, 4) is 5.75 Å². The number of methoxy groups -OCH3 is 1.